The number of hydrogen-bond acceptors (Lipinski definition) is 2. The van der Waals surface area contributed by atoms with Crippen molar-refractivity contribution in [1.29, 1.82) is 0 Å². The summed E-state index contributed by atoms with van der Waals surface area (Å²) in [7, 11) is 0. The van der Waals surface area contributed by atoms with Crippen molar-refractivity contribution >= 4 is 0 Å². The van der Waals surface area contributed by atoms with Gasteiger partial charge in [-0.3, -0.25) is 4.68 Å². The molecule has 0 saturated carbocycles. The minimum absolute atomic E-state index is 0.0989. The monoisotopic (exact) mass is 266 g/mol. The van der Waals surface area contributed by atoms with Gasteiger partial charge in [-0.15, -0.1) is 0 Å². The zero-order chi connectivity index (χ0) is 13.8. The van der Waals surface area contributed by atoms with Crippen LogP contribution in [0.3, 0.4) is 0 Å². The number of halogens is 2. The molecule has 0 spiro atoms. The SMILES string of the molecule is CCCn1cc(C(O)Cc2c(F)cccc2F)cn1. The highest BCUT2D eigenvalue weighted by molar-refractivity contribution is 5.22. The maximum Gasteiger partial charge on any atom is 0.129 e. The zero-order valence-electron chi connectivity index (χ0n) is 10.7. The number of benzene rings is 1. The summed E-state index contributed by atoms with van der Waals surface area (Å²) in [5.41, 5.74) is 0.467. The summed E-state index contributed by atoms with van der Waals surface area (Å²) >= 11 is 0. The highest BCUT2D eigenvalue weighted by atomic mass is 19.1. The van der Waals surface area contributed by atoms with Crippen LogP contribution in [0.1, 0.15) is 30.6 Å². The number of hydrogen-bond donors (Lipinski definition) is 1. The first-order chi connectivity index (χ1) is 9.11. The first kappa shape index (κ1) is 13.7. The van der Waals surface area contributed by atoms with Gasteiger partial charge in [-0.25, -0.2) is 8.78 Å². The average molecular weight is 266 g/mol. The van der Waals surface area contributed by atoms with Gasteiger partial charge in [0.05, 0.1) is 12.3 Å². The molecule has 1 aromatic heterocycles. The highest BCUT2D eigenvalue weighted by Gasteiger charge is 2.16. The Morgan fingerprint density at radius 1 is 1.32 bits per heavy atom. The number of aromatic nitrogens is 2. The third kappa shape index (κ3) is 3.17. The summed E-state index contributed by atoms with van der Waals surface area (Å²) in [5, 5.41) is 14.1. The van der Waals surface area contributed by atoms with Gasteiger partial charge >= 0.3 is 0 Å². The van der Waals surface area contributed by atoms with Crippen LogP contribution in [-0.2, 0) is 13.0 Å². The summed E-state index contributed by atoms with van der Waals surface area (Å²) in [5.74, 6) is -1.28. The molecule has 0 bridgehead atoms. The Morgan fingerprint density at radius 2 is 2.00 bits per heavy atom. The lowest BCUT2D eigenvalue weighted by Gasteiger charge is -2.10. The summed E-state index contributed by atoms with van der Waals surface area (Å²) in [6.07, 6.45) is 3.10. The Morgan fingerprint density at radius 3 is 2.63 bits per heavy atom. The Kier molecular flexibility index (Phi) is 4.27. The van der Waals surface area contributed by atoms with E-state index in [-0.39, 0.29) is 12.0 Å². The van der Waals surface area contributed by atoms with Crippen molar-refractivity contribution in [3.05, 3.63) is 53.4 Å². The molecule has 19 heavy (non-hydrogen) atoms. The van der Waals surface area contributed by atoms with Crippen LogP contribution in [0.4, 0.5) is 8.78 Å². The van der Waals surface area contributed by atoms with E-state index in [1.807, 2.05) is 6.92 Å². The third-order valence-electron chi connectivity index (χ3n) is 2.95. The van der Waals surface area contributed by atoms with Crippen molar-refractivity contribution < 1.29 is 13.9 Å². The standard InChI is InChI=1S/C14H16F2N2O/c1-2-6-18-9-10(8-17-18)14(19)7-11-12(15)4-3-5-13(11)16/h3-5,8-9,14,19H,2,6-7H2,1H3. The smallest absolute Gasteiger partial charge is 0.129 e. The molecular weight excluding hydrogens is 250 g/mol. The lowest BCUT2D eigenvalue weighted by Crippen LogP contribution is -2.05. The van der Waals surface area contributed by atoms with Gasteiger partial charge in [-0.2, -0.15) is 5.10 Å². The van der Waals surface area contributed by atoms with E-state index in [4.69, 9.17) is 0 Å². The van der Waals surface area contributed by atoms with Crippen LogP contribution in [0.25, 0.3) is 0 Å². The molecule has 1 heterocycles. The van der Waals surface area contributed by atoms with E-state index in [1.165, 1.54) is 24.4 Å². The number of aryl methyl sites for hydroxylation is 1. The fourth-order valence-electron chi connectivity index (χ4n) is 1.94. The maximum absolute atomic E-state index is 13.5. The number of rotatable bonds is 5. The number of aliphatic hydroxyl groups is 1. The maximum atomic E-state index is 13.5. The van der Waals surface area contributed by atoms with Crippen LogP contribution in [0, 0.1) is 11.6 Å². The van der Waals surface area contributed by atoms with E-state index in [2.05, 4.69) is 5.10 Å². The lowest BCUT2D eigenvalue weighted by atomic mass is 10.0. The molecule has 0 saturated heterocycles. The Labute approximate surface area is 110 Å². The molecule has 1 N–H and O–H groups in total. The number of aliphatic hydroxyl groups excluding tert-OH is 1. The second kappa shape index (κ2) is 5.93. The quantitative estimate of drug-likeness (QED) is 0.903. The highest BCUT2D eigenvalue weighted by Crippen LogP contribution is 2.21. The van der Waals surface area contributed by atoms with Crippen LogP contribution in [0.5, 0.6) is 0 Å². The lowest BCUT2D eigenvalue weighted by molar-refractivity contribution is 0.175. The normalized spacial score (nSPS) is 12.6. The topological polar surface area (TPSA) is 38.0 Å². The van der Waals surface area contributed by atoms with Gasteiger partial charge in [0, 0.05) is 30.3 Å². The molecule has 0 radical (unpaired) electrons. The third-order valence-corrected chi connectivity index (χ3v) is 2.95. The summed E-state index contributed by atoms with van der Waals surface area (Å²) in [4.78, 5) is 0. The van der Waals surface area contributed by atoms with Gasteiger partial charge in [-0.1, -0.05) is 13.0 Å². The molecule has 0 aliphatic heterocycles. The van der Waals surface area contributed by atoms with Gasteiger partial charge < -0.3 is 5.11 Å². The van der Waals surface area contributed by atoms with Crippen molar-refractivity contribution in [2.75, 3.05) is 0 Å². The van der Waals surface area contributed by atoms with E-state index in [0.717, 1.165) is 13.0 Å². The van der Waals surface area contributed by atoms with Crippen LogP contribution >= 0.6 is 0 Å². The molecule has 2 aromatic rings. The summed E-state index contributed by atoms with van der Waals surface area (Å²) in [6.45, 7) is 2.77. The number of nitrogens with zero attached hydrogens (tertiary/aromatic N) is 2. The van der Waals surface area contributed by atoms with Crippen LogP contribution in [0.15, 0.2) is 30.6 Å². The van der Waals surface area contributed by atoms with E-state index in [0.29, 0.717) is 5.56 Å². The molecule has 102 valence electrons. The van der Waals surface area contributed by atoms with E-state index < -0.39 is 17.7 Å². The van der Waals surface area contributed by atoms with Crippen molar-refractivity contribution in [2.45, 2.75) is 32.4 Å². The fraction of sp³-hybridized carbons (Fsp3) is 0.357. The largest absolute Gasteiger partial charge is 0.388 e. The van der Waals surface area contributed by atoms with Crippen LogP contribution in [0.2, 0.25) is 0 Å². The summed E-state index contributed by atoms with van der Waals surface area (Å²) < 4.78 is 28.7. The Bertz CT molecular complexity index is 534. The Hall–Kier alpha value is -1.75. The van der Waals surface area contributed by atoms with Gasteiger partial charge in [-0.05, 0) is 18.6 Å². The fourth-order valence-corrected chi connectivity index (χ4v) is 1.94. The van der Waals surface area contributed by atoms with Gasteiger partial charge in [0.2, 0.25) is 0 Å². The molecule has 0 fully saturated rings. The van der Waals surface area contributed by atoms with Gasteiger partial charge in [0.1, 0.15) is 11.6 Å². The molecule has 2 rings (SSSR count). The first-order valence-corrected chi connectivity index (χ1v) is 6.25. The summed E-state index contributed by atoms with van der Waals surface area (Å²) in [6, 6.07) is 3.68. The van der Waals surface area contributed by atoms with E-state index in [1.54, 1.807) is 10.9 Å². The van der Waals surface area contributed by atoms with Gasteiger partial charge in [0.25, 0.3) is 0 Å². The molecule has 0 aliphatic carbocycles. The van der Waals surface area contributed by atoms with Crippen molar-refractivity contribution in [2.24, 2.45) is 0 Å². The second-order valence-corrected chi connectivity index (χ2v) is 4.46. The Balaban J connectivity index is 2.13. The molecule has 0 aliphatic rings. The van der Waals surface area contributed by atoms with Crippen LogP contribution < -0.4 is 0 Å². The molecule has 1 unspecified atom stereocenters. The minimum Gasteiger partial charge on any atom is -0.388 e. The van der Waals surface area contributed by atoms with Gasteiger partial charge in [0.15, 0.2) is 0 Å². The van der Waals surface area contributed by atoms with Crippen molar-refractivity contribution in [3.63, 3.8) is 0 Å². The van der Waals surface area contributed by atoms with E-state index in [9.17, 15) is 13.9 Å². The molecule has 5 heteroatoms. The van der Waals surface area contributed by atoms with Crippen molar-refractivity contribution in [3.8, 4) is 0 Å². The molecular formula is C14H16F2N2O. The van der Waals surface area contributed by atoms with Crippen LogP contribution in [-0.4, -0.2) is 14.9 Å². The molecule has 3 nitrogen and oxygen atoms in total. The molecule has 1 aromatic carbocycles. The minimum atomic E-state index is -0.961. The predicted octanol–water partition coefficient (Wildman–Crippen LogP) is 2.85. The first-order valence-electron chi connectivity index (χ1n) is 6.25. The van der Waals surface area contributed by atoms with E-state index >= 15 is 0 Å². The zero-order valence-corrected chi connectivity index (χ0v) is 10.7. The average Bonchev–Trinajstić information content (AvgIpc) is 2.83. The molecule has 1 atom stereocenters. The second-order valence-electron chi connectivity index (χ2n) is 4.46. The predicted molar refractivity (Wildman–Crippen MR) is 67.5 cm³/mol. The van der Waals surface area contributed by atoms with Crippen molar-refractivity contribution in [1.82, 2.24) is 9.78 Å². The molecule has 0 amide bonds.